The van der Waals surface area contributed by atoms with Crippen molar-refractivity contribution in [3.8, 4) is 0 Å². The van der Waals surface area contributed by atoms with E-state index in [-0.39, 0.29) is 5.82 Å². The lowest BCUT2D eigenvalue weighted by atomic mass is 9.99. The first-order valence-electron chi connectivity index (χ1n) is 5.97. The highest BCUT2D eigenvalue weighted by atomic mass is 35.5. The monoisotopic (exact) mass is 278 g/mol. The van der Waals surface area contributed by atoms with Crippen LogP contribution in [0.2, 0.25) is 5.02 Å². The van der Waals surface area contributed by atoms with Gasteiger partial charge in [0.15, 0.2) is 0 Å². The Morgan fingerprint density at radius 3 is 2.26 bits per heavy atom. The third-order valence-electron chi connectivity index (χ3n) is 3.07. The lowest BCUT2D eigenvalue weighted by molar-refractivity contribution is 0.600. The van der Waals surface area contributed by atoms with Gasteiger partial charge in [-0.05, 0) is 29.8 Å². The third-order valence-corrected chi connectivity index (χ3v) is 3.30. The zero-order valence-corrected chi connectivity index (χ0v) is 11.7. The van der Waals surface area contributed by atoms with Crippen molar-refractivity contribution in [3.63, 3.8) is 0 Å². The van der Waals surface area contributed by atoms with Crippen molar-refractivity contribution in [3.05, 3.63) is 64.4 Å². The summed E-state index contributed by atoms with van der Waals surface area (Å²) in [5.41, 5.74) is 8.49. The highest BCUT2D eigenvalue weighted by Gasteiger charge is 2.14. The molecule has 2 N–H and O–H groups in total. The molecule has 0 bridgehead atoms. The van der Waals surface area contributed by atoms with Crippen LogP contribution >= 0.6 is 11.6 Å². The number of benzene rings is 2. The number of halogens is 2. The molecule has 2 aromatic carbocycles. The summed E-state index contributed by atoms with van der Waals surface area (Å²) >= 11 is 5.74. The van der Waals surface area contributed by atoms with E-state index in [0.717, 1.165) is 11.3 Å². The predicted octanol–water partition coefficient (Wildman–Crippen LogP) is 3.59. The van der Waals surface area contributed by atoms with Crippen LogP contribution in [-0.2, 0) is 0 Å². The molecule has 0 saturated heterocycles. The van der Waals surface area contributed by atoms with Gasteiger partial charge in [0.05, 0.1) is 6.04 Å². The molecule has 0 aliphatic heterocycles. The normalized spacial score (nSPS) is 12.3. The van der Waals surface area contributed by atoms with E-state index in [0.29, 0.717) is 10.6 Å². The molecule has 4 heteroatoms. The average molecular weight is 279 g/mol. The summed E-state index contributed by atoms with van der Waals surface area (Å²) in [6.45, 7) is 0. The van der Waals surface area contributed by atoms with Gasteiger partial charge in [0.2, 0.25) is 0 Å². The Hall–Kier alpha value is -1.58. The largest absolute Gasteiger partial charge is 0.378 e. The lowest BCUT2D eigenvalue weighted by Gasteiger charge is -2.16. The number of nitrogens with zero attached hydrogens (tertiary/aromatic N) is 1. The summed E-state index contributed by atoms with van der Waals surface area (Å²) in [6.07, 6.45) is 0. The van der Waals surface area contributed by atoms with E-state index >= 15 is 0 Å². The zero-order chi connectivity index (χ0) is 14.0. The van der Waals surface area contributed by atoms with Crippen molar-refractivity contribution in [2.75, 3.05) is 19.0 Å². The molecule has 0 radical (unpaired) electrons. The van der Waals surface area contributed by atoms with Crippen LogP contribution in [0.25, 0.3) is 0 Å². The fraction of sp³-hybridized carbons (Fsp3) is 0.200. The first-order chi connectivity index (χ1) is 8.99. The van der Waals surface area contributed by atoms with Gasteiger partial charge in [0.1, 0.15) is 5.82 Å². The van der Waals surface area contributed by atoms with Crippen LogP contribution in [0.4, 0.5) is 10.1 Å². The van der Waals surface area contributed by atoms with E-state index in [9.17, 15) is 4.39 Å². The third kappa shape index (κ3) is 3.06. The van der Waals surface area contributed by atoms with Crippen LogP contribution in [0.5, 0.6) is 0 Å². The summed E-state index contributed by atoms with van der Waals surface area (Å²) in [5.74, 6) is -0.378. The molecule has 0 amide bonds. The Morgan fingerprint density at radius 1 is 1.11 bits per heavy atom. The van der Waals surface area contributed by atoms with Gasteiger partial charge >= 0.3 is 0 Å². The molecule has 1 atom stereocenters. The molecular weight excluding hydrogens is 263 g/mol. The summed E-state index contributed by atoms with van der Waals surface area (Å²) in [7, 11) is 3.93. The Balaban J connectivity index is 2.30. The molecule has 0 fully saturated rings. The molecule has 0 heterocycles. The molecule has 0 spiro atoms. The molecule has 1 unspecified atom stereocenters. The van der Waals surface area contributed by atoms with Crippen molar-refractivity contribution in [1.82, 2.24) is 0 Å². The predicted molar refractivity (Wildman–Crippen MR) is 78.2 cm³/mol. The number of nitrogens with two attached hydrogens (primary N) is 1. The van der Waals surface area contributed by atoms with E-state index in [2.05, 4.69) is 0 Å². The smallest absolute Gasteiger partial charge is 0.129 e. The highest BCUT2D eigenvalue weighted by molar-refractivity contribution is 6.30. The first kappa shape index (κ1) is 13.8. The van der Waals surface area contributed by atoms with Gasteiger partial charge in [-0.25, -0.2) is 4.39 Å². The summed E-state index contributed by atoms with van der Waals surface area (Å²) in [6, 6.07) is 11.8. The maximum atomic E-state index is 13.8. The van der Waals surface area contributed by atoms with Gasteiger partial charge in [-0.15, -0.1) is 0 Å². The van der Waals surface area contributed by atoms with Gasteiger partial charge in [0, 0.05) is 30.4 Å². The minimum absolute atomic E-state index is 0.372. The Morgan fingerprint density at radius 2 is 1.74 bits per heavy atom. The fourth-order valence-electron chi connectivity index (χ4n) is 1.91. The number of anilines is 1. The average Bonchev–Trinajstić information content (AvgIpc) is 2.38. The van der Waals surface area contributed by atoms with Crippen molar-refractivity contribution < 1.29 is 4.39 Å². The Labute approximate surface area is 117 Å². The second kappa shape index (κ2) is 5.59. The quantitative estimate of drug-likeness (QED) is 0.930. The van der Waals surface area contributed by atoms with E-state index in [4.69, 9.17) is 17.3 Å². The second-order valence-corrected chi connectivity index (χ2v) is 5.07. The maximum Gasteiger partial charge on any atom is 0.129 e. The van der Waals surface area contributed by atoms with Crippen LogP contribution in [0.3, 0.4) is 0 Å². The number of hydrogen-bond acceptors (Lipinski definition) is 2. The van der Waals surface area contributed by atoms with Crippen molar-refractivity contribution in [2.24, 2.45) is 5.73 Å². The molecule has 2 aromatic rings. The van der Waals surface area contributed by atoms with Crippen molar-refractivity contribution in [2.45, 2.75) is 6.04 Å². The maximum absolute atomic E-state index is 13.8. The highest BCUT2D eigenvalue weighted by Crippen LogP contribution is 2.25. The van der Waals surface area contributed by atoms with Crippen LogP contribution < -0.4 is 10.6 Å². The zero-order valence-electron chi connectivity index (χ0n) is 10.9. The van der Waals surface area contributed by atoms with Gasteiger partial charge in [-0.2, -0.15) is 0 Å². The topological polar surface area (TPSA) is 29.3 Å². The minimum atomic E-state index is -0.492. The van der Waals surface area contributed by atoms with E-state index in [1.807, 2.05) is 43.3 Å². The van der Waals surface area contributed by atoms with Crippen LogP contribution in [0, 0.1) is 5.82 Å². The second-order valence-electron chi connectivity index (χ2n) is 4.63. The summed E-state index contributed by atoms with van der Waals surface area (Å²) < 4.78 is 13.8. The first-order valence-corrected chi connectivity index (χ1v) is 6.34. The molecule has 0 saturated carbocycles. The van der Waals surface area contributed by atoms with Gasteiger partial charge < -0.3 is 10.6 Å². The van der Waals surface area contributed by atoms with E-state index in [1.165, 1.54) is 6.07 Å². The van der Waals surface area contributed by atoms with E-state index < -0.39 is 6.04 Å². The number of hydrogen-bond donors (Lipinski definition) is 1. The van der Waals surface area contributed by atoms with Crippen LogP contribution in [-0.4, -0.2) is 14.1 Å². The summed E-state index contributed by atoms with van der Waals surface area (Å²) in [5, 5.41) is 0.372. The molecule has 19 heavy (non-hydrogen) atoms. The van der Waals surface area contributed by atoms with Crippen molar-refractivity contribution in [1.29, 1.82) is 0 Å². The standard InChI is InChI=1S/C15H16ClFN2/c1-19(2)12-6-3-10(4-7-12)15(18)13-8-5-11(16)9-14(13)17/h3-9,15H,18H2,1-2H3. The Kier molecular flexibility index (Phi) is 4.08. The molecule has 0 aliphatic carbocycles. The molecule has 100 valence electrons. The molecular formula is C15H16ClFN2. The van der Waals surface area contributed by atoms with Gasteiger partial charge in [-0.1, -0.05) is 29.8 Å². The molecule has 2 nitrogen and oxygen atoms in total. The lowest BCUT2D eigenvalue weighted by Crippen LogP contribution is -2.14. The molecule has 0 aromatic heterocycles. The van der Waals surface area contributed by atoms with Crippen LogP contribution in [0.15, 0.2) is 42.5 Å². The van der Waals surface area contributed by atoms with Gasteiger partial charge in [-0.3, -0.25) is 0 Å². The summed E-state index contributed by atoms with van der Waals surface area (Å²) in [4.78, 5) is 2.00. The minimum Gasteiger partial charge on any atom is -0.378 e. The van der Waals surface area contributed by atoms with Gasteiger partial charge in [0.25, 0.3) is 0 Å². The molecule has 0 aliphatic rings. The SMILES string of the molecule is CN(C)c1ccc(C(N)c2ccc(Cl)cc2F)cc1. The molecule has 2 rings (SSSR count). The van der Waals surface area contributed by atoms with Crippen LogP contribution in [0.1, 0.15) is 17.2 Å². The Bertz CT molecular complexity index is 567. The number of rotatable bonds is 3. The fourth-order valence-corrected chi connectivity index (χ4v) is 2.07. The van der Waals surface area contributed by atoms with Crippen molar-refractivity contribution >= 4 is 17.3 Å². The van der Waals surface area contributed by atoms with E-state index in [1.54, 1.807) is 12.1 Å².